The van der Waals surface area contributed by atoms with E-state index in [1.165, 1.54) is 30.5 Å². The van der Waals surface area contributed by atoms with Crippen LogP contribution in [0.1, 0.15) is 11.5 Å². The van der Waals surface area contributed by atoms with E-state index in [-0.39, 0.29) is 23.4 Å². The highest BCUT2D eigenvalue weighted by molar-refractivity contribution is 5.79. The van der Waals surface area contributed by atoms with Crippen LogP contribution in [-0.2, 0) is 0 Å². The van der Waals surface area contributed by atoms with Crippen LogP contribution >= 0.6 is 0 Å². The number of hydrogen-bond acceptors (Lipinski definition) is 11. The fourth-order valence-electron chi connectivity index (χ4n) is 1.73. The Morgan fingerprint density at radius 3 is 2.12 bits per heavy atom. The summed E-state index contributed by atoms with van der Waals surface area (Å²) in [4.78, 5) is 23.7. The summed E-state index contributed by atoms with van der Waals surface area (Å²) in [5.41, 5.74) is 5.62. The third-order valence-corrected chi connectivity index (χ3v) is 2.84. The molecule has 0 fully saturated rings. The third-order valence-electron chi connectivity index (χ3n) is 2.84. The van der Waals surface area contributed by atoms with Gasteiger partial charge in [0, 0.05) is 0 Å². The van der Waals surface area contributed by atoms with Crippen LogP contribution in [0.5, 0.6) is 0 Å². The number of nitrogen functional groups attached to an aromatic ring is 1. The number of nitrogens with two attached hydrogens (primary N) is 1. The molecular weight excluding hydrogens is 352 g/mol. The second kappa shape index (κ2) is 6.63. The number of hydrogen-bond donors (Lipinski definition) is 1. The number of aliphatic imine (C=N–C) groups is 1. The Hall–Kier alpha value is -4.36. The maximum Gasteiger partial charge on any atom is 0.433 e. The maximum atomic E-state index is 10.6. The minimum atomic E-state index is -0.692. The van der Waals surface area contributed by atoms with Crippen molar-refractivity contribution in [2.24, 2.45) is 10.1 Å². The Bertz CT molecular complexity index is 1030. The largest absolute Gasteiger partial charge is 0.433 e. The van der Waals surface area contributed by atoms with Crippen molar-refractivity contribution in [2.75, 3.05) is 5.73 Å². The zero-order valence-corrected chi connectivity index (χ0v) is 12.6. The van der Waals surface area contributed by atoms with Gasteiger partial charge >= 0.3 is 11.8 Å². The number of nitrogens with zero attached hydrogens (tertiary/aromatic N) is 7. The molecule has 0 unspecified atom stereocenters. The molecule has 3 rings (SSSR count). The van der Waals surface area contributed by atoms with E-state index >= 15 is 0 Å². The van der Waals surface area contributed by atoms with Crippen molar-refractivity contribution in [3.63, 3.8) is 0 Å². The summed E-state index contributed by atoms with van der Waals surface area (Å²) in [6.07, 6.45) is 2.32. The molecule has 0 aliphatic rings. The van der Waals surface area contributed by atoms with E-state index in [0.29, 0.717) is 0 Å². The Kier molecular flexibility index (Phi) is 4.21. The van der Waals surface area contributed by atoms with Crippen molar-refractivity contribution >= 4 is 36.1 Å². The molecule has 0 bridgehead atoms. The lowest BCUT2D eigenvalue weighted by Crippen LogP contribution is -1.97. The quantitative estimate of drug-likeness (QED) is 0.385. The van der Waals surface area contributed by atoms with E-state index in [9.17, 15) is 20.2 Å². The van der Waals surface area contributed by atoms with Crippen LogP contribution in [0.3, 0.4) is 0 Å². The Balaban J connectivity index is 1.81. The number of furan rings is 2. The summed E-state index contributed by atoms with van der Waals surface area (Å²) in [7, 11) is 0. The fraction of sp³-hybridized carbons (Fsp3) is 0. The number of anilines is 1. The van der Waals surface area contributed by atoms with Crippen LogP contribution in [0.2, 0.25) is 0 Å². The standard InChI is InChI=1S/C12H8N8O6/c13-11-16-17-12(14-5-7-1-3-9(25-7)19(21)22)18(11)15-6-8-2-4-10(26-8)20(23)24/h1-6H,(H2,13,16)/b14-5?,15-6-. The first-order chi connectivity index (χ1) is 12.4. The van der Waals surface area contributed by atoms with Gasteiger partial charge in [0.25, 0.3) is 5.95 Å². The van der Waals surface area contributed by atoms with Gasteiger partial charge in [-0.05, 0) is 12.1 Å². The van der Waals surface area contributed by atoms with Gasteiger partial charge in [0.1, 0.15) is 9.85 Å². The maximum absolute atomic E-state index is 10.6. The van der Waals surface area contributed by atoms with Crippen molar-refractivity contribution in [1.82, 2.24) is 14.9 Å². The van der Waals surface area contributed by atoms with Crippen molar-refractivity contribution in [3.05, 3.63) is 56.0 Å². The second-order valence-electron chi connectivity index (χ2n) is 4.54. The SMILES string of the molecule is Nc1nnc(N=Cc2ccc([N+](=O)[O-])o2)n1/N=C\c1ccc([N+](=O)[O-])o1. The molecule has 0 radical (unpaired) electrons. The van der Waals surface area contributed by atoms with Gasteiger partial charge in [-0.15, -0.1) is 10.2 Å². The van der Waals surface area contributed by atoms with Crippen LogP contribution in [-0.4, -0.2) is 37.1 Å². The normalized spacial score (nSPS) is 11.5. The molecule has 0 spiro atoms. The van der Waals surface area contributed by atoms with Crippen molar-refractivity contribution in [3.8, 4) is 0 Å². The highest BCUT2D eigenvalue weighted by Crippen LogP contribution is 2.17. The molecule has 0 aliphatic carbocycles. The molecule has 0 aliphatic heterocycles. The van der Waals surface area contributed by atoms with Crippen LogP contribution in [0, 0.1) is 20.2 Å². The molecule has 0 saturated carbocycles. The van der Waals surface area contributed by atoms with Gasteiger partial charge in [-0.3, -0.25) is 20.2 Å². The van der Waals surface area contributed by atoms with E-state index < -0.39 is 21.6 Å². The molecule has 0 aromatic carbocycles. The molecule has 3 aromatic rings. The molecule has 14 nitrogen and oxygen atoms in total. The van der Waals surface area contributed by atoms with Gasteiger partial charge < -0.3 is 14.6 Å². The summed E-state index contributed by atoms with van der Waals surface area (Å²) in [5.74, 6) is -0.846. The lowest BCUT2D eigenvalue weighted by molar-refractivity contribution is -0.402. The highest BCUT2D eigenvalue weighted by Gasteiger charge is 2.13. The topological polar surface area (TPSA) is 194 Å². The Labute approximate surface area is 142 Å². The summed E-state index contributed by atoms with van der Waals surface area (Å²) in [6, 6.07) is 5.02. The first-order valence-electron chi connectivity index (χ1n) is 6.72. The average Bonchev–Trinajstić information content (AvgIpc) is 3.31. The van der Waals surface area contributed by atoms with Crippen LogP contribution < -0.4 is 5.73 Å². The van der Waals surface area contributed by atoms with Crippen LogP contribution in [0.4, 0.5) is 23.7 Å². The van der Waals surface area contributed by atoms with Crippen LogP contribution in [0.25, 0.3) is 0 Å². The van der Waals surface area contributed by atoms with E-state index in [0.717, 1.165) is 10.9 Å². The highest BCUT2D eigenvalue weighted by atomic mass is 16.7. The van der Waals surface area contributed by atoms with E-state index in [1.807, 2.05) is 0 Å². The predicted octanol–water partition coefficient (Wildman–Crippen LogP) is 1.50. The van der Waals surface area contributed by atoms with Gasteiger partial charge in [-0.1, -0.05) is 0 Å². The van der Waals surface area contributed by atoms with Crippen molar-refractivity contribution < 1.29 is 18.7 Å². The molecule has 0 saturated heterocycles. The Morgan fingerprint density at radius 2 is 1.58 bits per heavy atom. The number of aromatic nitrogens is 3. The second-order valence-corrected chi connectivity index (χ2v) is 4.54. The van der Waals surface area contributed by atoms with Gasteiger partial charge in [0.15, 0.2) is 11.5 Å². The van der Waals surface area contributed by atoms with E-state index in [1.54, 1.807) is 0 Å². The number of rotatable bonds is 6. The number of nitro groups is 2. The summed E-state index contributed by atoms with van der Waals surface area (Å²) < 4.78 is 10.9. The fourth-order valence-corrected chi connectivity index (χ4v) is 1.73. The van der Waals surface area contributed by atoms with Crippen LogP contribution in [0.15, 0.2) is 43.2 Å². The minimum Gasteiger partial charge on any atom is -0.400 e. The first-order valence-corrected chi connectivity index (χ1v) is 6.72. The third kappa shape index (κ3) is 3.42. The zero-order valence-electron chi connectivity index (χ0n) is 12.6. The van der Waals surface area contributed by atoms with Gasteiger partial charge in [0.05, 0.1) is 24.6 Å². The molecule has 132 valence electrons. The van der Waals surface area contributed by atoms with Gasteiger partial charge in [-0.2, -0.15) is 9.78 Å². The van der Waals surface area contributed by atoms with E-state index in [2.05, 4.69) is 20.3 Å². The summed E-state index contributed by atoms with van der Waals surface area (Å²) in [5, 5.41) is 32.3. The average molecular weight is 360 g/mol. The molecule has 3 aromatic heterocycles. The zero-order chi connectivity index (χ0) is 18.7. The smallest absolute Gasteiger partial charge is 0.400 e. The summed E-state index contributed by atoms with van der Waals surface area (Å²) in [6.45, 7) is 0. The molecule has 3 heterocycles. The molecule has 26 heavy (non-hydrogen) atoms. The van der Waals surface area contributed by atoms with E-state index in [4.69, 9.17) is 14.6 Å². The lowest BCUT2D eigenvalue weighted by Gasteiger charge is -1.95. The van der Waals surface area contributed by atoms with Gasteiger partial charge in [-0.25, -0.2) is 4.99 Å². The molecule has 2 N–H and O–H groups in total. The van der Waals surface area contributed by atoms with Crippen molar-refractivity contribution in [1.29, 1.82) is 0 Å². The molecule has 0 amide bonds. The summed E-state index contributed by atoms with van der Waals surface area (Å²) >= 11 is 0. The molecule has 0 atom stereocenters. The lowest BCUT2D eigenvalue weighted by atomic mass is 10.5. The minimum absolute atomic E-state index is 0.0566. The molecular formula is C12H8N8O6. The van der Waals surface area contributed by atoms with Crippen molar-refractivity contribution in [2.45, 2.75) is 0 Å². The predicted molar refractivity (Wildman–Crippen MR) is 85.4 cm³/mol. The molecule has 14 heteroatoms. The monoisotopic (exact) mass is 360 g/mol. The van der Waals surface area contributed by atoms with Gasteiger partial charge in [0.2, 0.25) is 5.95 Å². The Morgan fingerprint density at radius 1 is 1.00 bits per heavy atom. The first kappa shape index (κ1) is 16.5.